The van der Waals surface area contributed by atoms with Crippen molar-refractivity contribution in [3.63, 3.8) is 0 Å². The molecule has 1 aromatic heterocycles. The van der Waals surface area contributed by atoms with Crippen molar-refractivity contribution in [2.45, 2.75) is 6.92 Å². The van der Waals surface area contributed by atoms with Gasteiger partial charge >= 0.3 is 0 Å². The minimum absolute atomic E-state index is 0.0321. The summed E-state index contributed by atoms with van der Waals surface area (Å²) in [6.45, 7) is 1.90. The van der Waals surface area contributed by atoms with E-state index in [4.69, 9.17) is 11.6 Å². The summed E-state index contributed by atoms with van der Waals surface area (Å²) < 4.78 is 0. The first kappa shape index (κ1) is 10.3. The third kappa shape index (κ3) is 1.23. The number of para-hydroxylation sites is 1. The summed E-state index contributed by atoms with van der Waals surface area (Å²) in [5.41, 5.74) is 1.73. The van der Waals surface area contributed by atoms with Gasteiger partial charge in [-0.1, -0.05) is 29.8 Å². The van der Waals surface area contributed by atoms with E-state index in [0.29, 0.717) is 11.3 Å². The van der Waals surface area contributed by atoms with Gasteiger partial charge in [-0.25, -0.2) is 0 Å². The highest BCUT2D eigenvalue weighted by atomic mass is 35.5. The quantitative estimate of drug-likeness (QED) is 0.670. The molecule has 17 heavy (non-hydrogen) atoms. The molecule has 4 heteroatoms. The predicted octanol–water partition coefficient (Wildman–Crippen LogP) is 2.39. The lowest BCUT2D eigenvalue weighted by Crippen LogP contribution is -2.33. The van der Waals surface area contributed by atoms with E-state index in [9.17, 15) is 9.59 Å². The summed E-state index contributed by atoms with van der Waals surface area (Å²) in [5, 5.41) is 1.07. The van der Waals surface area contributed by atoms with Gasteiger partial charge in [0.05, 0.1) is 11.3 Å². The summed E-state index contributed by atoms with van der Waals surface area (Å²) in [6.07, 6.45) is 0. The fourth-order valence-corrected chi connectivity index (χ4v) is 2.39. The summed E-state index contributed by atoms with van der Waals surface area (Å²) >= 11 is 5.78. The Kier molecular flexibility index (Phi) is 2.00. The number of aromatic amines is 1. The molecule has 0 fully saturated rings. The Morgan fingerprint density at radius 2 is 1.82 bits per heavy atom. The first-order chi connectivity index (χ1) is 8.11. The lowest BCUT2D eigenvalue weighted by atomic mass is 10.0. The lowest BCUT2D eigenvalue weighted by Gasteiger charge is -2.03. The highest BCUT2D eigenvalue weighted by molar-refractivity contribution is 6.34. The largest absolute Gasteiger partial charge is 0.354 e. The van der Waals surface area contributed by atoms with Crippen molar-refractivity contribution in [1.29, 1.82) is 0 Å². The zero-order valence-electron chi connectivity index (χ0n) is 9.00. The Morgan fingerprint density at radius 1 is 1.12 bits per heavy atom. The van der Waals surface area contributed by atoms with Crippen molar-refractivity contribution < 1.29 is 0 Å². The van der Waals surface area contributed by atoms with E-state index in [-0.39, 0.29) is 5.02 Å². The van der Waals surface area contributed by atoms with Crippen molar-refractivity contribution in [3.8, 4) is 11.3 Å². The molecule has 3 nitrogen and oxygen atoms in total. The molecular formula is C13H8ClNO2. The minimum Gasteiger partial charge on any atom is -0.354 e. The molecule has 1 N–H and O–H groups in total. The van der Waals surface area contributed by atoms with Gasteiger partial charge in [-0.05, 0) is 18.6 Å². The summed E-state index contributed by atoms with van der Waals surface area (Å²) in [4.78, 5) is 25.7. The lowest BCUT2D eigenvalue weighted by molar-refractivity contribution is 1.33. The molecule has 2 aromatic carbocycles. The number of H-pyrrole nitrogens is 1. The summed E-state index contributed by atoms with van der Waals surface area (Å²) in [7, 11) is 0. The highest BCUT2D eigenvalue weighted by Crippen LogP contribution is 2.31. The SMILES string of the molecule is Cc1c(-c2c(Cl)c(=O)c2=O)[nH]c2ccccc12. The van der Waals surface area contributed by atoms with Crippen LogP contribution >= 0.6 is 11.6 Å². The zero-order valence-corrected chi connectivity index (χ0v) is 9.76. The summed E-state index contributed by atoms with van der Waals surface area (Å²) in [5.74, 6) is 0. The van der Waals surface area contributed by atoms with E-state index in [0.717, 1.165) is 16.5 Å². The van der Waals surface area contributed by atoms with E-state index in [1.807, 2.05) is 31.2 Å². The maximum atomic E-state index is 11.5. The number of benzene rings is 1. The molecule has 0 radical (unpaired) electrons. The van der Waals surface area contributed by atoms with Crippen LogP contribution in [0, 0.1) is 6.92 Å². The first-order valence-corrected chi connectivity index (χ1v) is 5.55. The fourth-order valence-electron chi connectivity index (χ4n) is 2.12. The Balaban J connectivity index is 2.37. The molecule has 0 aliphatic rings. The monoisotopic (exact) mass is 245 g/mol. The van der Waals surface area contributed by atoms with Crippen molar-refractivity contribution in [1.82, 2.24) is 4.98 Å². The first-order valence-electron chi connectivity index (χ1n) is 5.17. The normalized spacial score (nSPS) is 11.4. The number of fused-ring (bicyclic) bond motifs is 1. The van der Waals surface area contributed by atoms with Crippen molar-refractivity contribution in [3.05, 3.63) is 55.3 Å². The molecule has 84 valence electrons. The van der Waals surface area contributed by atoms with Crippen LogP contribution in [0.4, 0.5) is 0 Å². The Hall–Kier alpha value is -1.87. The number of aromatic nitrogens is 1. The molecule has 0 amide bonds. The smallest absolute Gasteiger partial charge is 0.245 e. The number of aryl methyl sites for hydroxylation is 1. The Morgan fingerprint density at radius 3 is 2.47 bits per heavy atom. The van der Waals surface area contributed by atoms with Gasteiger partial charge in [-0.3, -0.25) is 9.59 Å². The third-order valence-electron chi connectivity index (χ3n) is 3.07. The van der Waals surface area contributed by atoms with Gasteiger partial charge in [0.1, 0.15) is 5.02 Å². The standard InChI is InChI=1S/C13H8ClNO2/c1-6-7-4-2-3-5-8(7)15-11(6)9-10(14)13(17)12(9)16/h2-5,15H,1H3. The molecule has 0 bridgehead atoms. The van der Waals surface area contributed by atoms with Gasteiger partial charge in [-0.2, -0.15) is 0 Å². The molecule has 3 aromatic rings. The van der Waals surface area contributed by atoms with E-state index >= 15 is 0 Å². The number of rotatable bonds is 1. The highest BCUT2D eigenvalue weighted by Gasteiger charge is 2.23. The molecule has 0 saturated carbocycles. The van der Waals surface area contributed by atoms with Gasteiger partial charge in [0.2, 0.25) is 10.9 Å². The predicted molar refractivity (Wildman–Crippen MR) is 68.4 cm³/mol. The van der Waals surface area contributed by atoms with Crippen LogP contribution in [0.15, 0.2) is 33.9 Å². The molecule has 0 atom stereocenters. The van der Waals surface area contributed by atoms with Gasteiger partial charge < -0.3 is 4.98 Å². The fraction of sp³-hybridized carbons (Fsp3) is 0.0769. The average molecular weight is 246 g/mol. The van der Waals surface area contributed by atoms with E-state index < -0.39 is 10.9 Å². The van der Waals surface area contributed by atoms with Crippen LogP contribution in [0.3, 0.4) is 0 Å². The van der Waals surface area contributed by atoms with Crippen LogP contribution < -0.4 is 10.9 Å². The van der Waals surface area contributed by atoms with Gasteiger partial charge in [0.25, 0.3) is 0 Å². The van der Waals surface area contributed by atoms with Crippen molar-refractivity contribution in [2.24, 2.45) is 0 Å². The molecule has 3 rings (SSSR count). The third-order valence-corrected chi connectivity index (χ3v) is 3.43. The van der Waals surface area contributed by atoms with Gasteiger partial charge in [-0.15, -0.1) is 0 Å². The average Bonchev–Trinajstić information content (AvgIpc) is 2.67. The second-order valence-electron chi connectivity index (χ2n) is 4.02. The maximum Gasteiger partial charge on any atom is 0.245 e. The van der Waals surface area contributed by atoms with Crippen LogP contribution in [0.1, 0.15) is 5.56 Å². The Labute approximate surface area is 101 Å². The zero-order chi connectivity index (χ0) is 12.2. The van der Waals surface area contributed by atoms with Gasteiger partial charge in [0.15, 0.2) is 0 Å². The topological polar surface area (TPSA) is 49.9 Å². The van der Waals surface area contributed by atoms with Crippen LogP contribution in [0.25, 0.3) is 22.2 Å². The van der Waals surface area contributed by atoms with Crippen LogP contribution in [0.2, 0.25) is 5.02 Å². The van der Waals surface area contributed by atoms with E-state index in [1.54, 1.807) is 0 Å². The molecule has 0 aliphatic carbocycles. The molecule has 1 heterocycles. The molecular weight excluding hydrogens is 238 g/mol. The molecule has 0 unspecified atom stereocenters. The van der Waals surface area contributed by atoms with Crippen LogP contribution in [0.5, 0.6) is 0 Å². The number of hydrogen-bond acceptors (Lipinski definition) is 2. The summed E-state index contributed by atoms with van der Waals surface area (Å²) in [6, 6.07) is 7.72. The van der Waals surface area contributed by atoms with Crippen LogP contribution in [-0.4, -0.2) is 4.98 Å². The Bertz CT molecular complexity index is 807. The molecule has 0 saturated heterocycles. The maximum absolute atomic E-state index is 11.5. The van der Waals surface area contributed by atoms with Gasteiger partial charge in [0, 0.05) is 10.9 Å². The second kappa shape index (κ2) is 3.31. The van der Waals surface area contributed by atoms with E-state index in [2.05, 4.69) is 4.98 Å². The molecule has 0 spiro atoms. The number of nitrogens with one attached hydrogen (secondary N) is 1. The van der Waals surface area contributed by atoms with E-state index in [1.165, 1.54) is 0 Å². The van der Waals surface area contributed by atoms with Crippen molar-refractivity contribution in [2.75, 3.05) is 0 Å². The minimum atomic E-state index is -0.597. The number of hydrogen-bond donors (Lipinski definition) is 1. The number of halogens is 1. The van der Waals surface area contributed by atoms with Crippen molar-refractivity contribution >= 4 is 22.5 Å². The second-order valence-corrected chi connectivity index (χ2v) is 4.40. The molecule has 0 aliphatic heterocycles. The van der Waals surface area contributed by atoms with Crippen LogP contribution in [-0.2, 0) is 0 Å².